The number of carbonyl (C=O) groups is 2. The Morgan fingerprint density at radius 3 is 2.41 bits per heavy atom. The van der Waals surface area contributed by atoms with Crippen LogP contribution in [0.4, 0.5) is 5.69 Å². The van der Waals surface area contributed by atoms with Crippen molar-refractivity contribution in [3.05, 3.63) is 98.0 Å². The van der Waals surface area contributed by atoms with Crippen molar-refractivity contribution in [2.45, 2.75) is 78.9 Å². The molecule has 0 saturated carbocycles. The lowest BCUT2D eigenvalue weighted by Gasteiger charge is -2.34. The van der Waals surface area contributed by atoms with E-state index in [-0.39, 0.29) is 17.5 Å². The standard InChI is InChI=1S/C44H48Cl2N6O4/c1-24-18-31(19-25(2)40(24)46)56-17-9-11-32-33-13-14-35(45)39(38-27(4)47-49(7)28(38)5)41(33)52-26(3)21-51(43(53)42(32)52)37-23-50(22-30-10-8-16-48(30)6)36-15-12-29(44(54)55)20-34(36)37/h12-15,18-20,23,26,30H,8-11,16-17,21-22H2,1-7H3,(H,54,55). The number of likely N-dealkylation sites (N-methyl/N-ethyl adjacent to an activating group) is 1. The van der Waals surface area contributed by atoms with Crippen molar-refractivity contribution < 1.29 is 19.4 Å². The third-order valence-electron chi connectivity index (χ3n) is 12.0. The summed E-state index contributed by atoms with van der Waals surface area (Å²) in [5.41, 5.74) is 9.93. The van der Waals surface area contributed by atoms with Gasteiger partial charge in [-0.15, -0.1) is 0 Å². The van der Waals surface area contributed by atoms with Gasteiger partial charge in [0, 0.05) is 71.0 Å². The molecule has 8 rings (SSSR count). The largest absolute Gasteiger partial charge is 0.494 e. The molecule has 1 fully saturated rings. The van der Waals surface area contributed by atoms with E-state index >= 15 is 4.79 Å². The zero-order valence-electron chi connectivity index (χ0n) is 33.0. The third-order valence-corrected chi connectivity index (χ3v) is 13.0. The van der Waals surface area contributed by atoms with E-state index in [1.807, 2.05) is 74.7 Å². The lowest BCUT2D eigenvalue weighted by Crippen LogP contribution is -2.42. The molecule has 0 radical (unpaired) electrons. The van der Waals surface area contributed by atoms with E-state index in [2.05, 4.69) is 34.2 Å². The van der Waals surface area contributed by atoms with E-state index in [0.29, 0.717) is 42.8 Å². The van der Waals surface area contributed by atoms with Crippen LogP contribution in [0.1, 0.15) is 81.2 Å². The Bertz CT molecular complexity index is 2540. The highest BCUT2D eigenvalue weighted by Crippen LogP contribution is 2.46. The van der Waals surface area contributed by atoms with Crippen molar-refractivity contribution in [1.29, 1.82) is 0 Å². The molecular formula is C44H48Cl2N6O4. The van der Waals surface area contributed by atoms with Crippen LogP contribution in [0, 0.1) is 27.7 Å². The first-order valence-corrected chi connectivity index (χ1v) is 20.1. The molecular weight excluding hydrogens is 747 g/mol. The molecule has 2 aliphatic heterocycles. The molecule has 0 aliphatic carbocycles. The normalized spacial score (nSPS) is 17.4. The number of aromatic nitrogens is 4. The van der Waals surface area contributed by atoms with E-state index in [1.165, 1.54) is 0 Å². The van der Waals surface area contributed by atoms with Gasteiger partial charge in [-0.1, -0.05) is 29.3 Å². The van der Waals surface area contributed by atoms with Gasteiger partial charge in [0.2, 0.25) is 0 Å². The predicted molar refractivity (Wildman–Crippen MR) is 224 cm³/mol. The minimum absolute atomic E-state index is 0.126. The third kappa shape index (κ3) is 6.36. The lowest BCUT2D eigenvalue weighted by atomic mass is 9.98. The monoisotopic (exact) mass is 794 g/mol. The highest BCUT2D eigenvalue weighted by Gasteiger charge is 2.38. The highest BCUT2D eigenvalue weighted by atomic mass is 35.5. The van der Waals surface area contributed by atoms with Crippen molar-refractivity contribution in [1.82, 2.24) is 23.8 Å². The first-order chi connectivity index (χ1) is 26.7. The van der Waals surface area contributed by atoms with Gasteiger partial charge in [-0.05, 0) is 127 Å². The number of amides is 1. The van der Waals surface area contributed by atoms with Crippen molar-refractivity contribution in [3.63, 3.8) is 0 Å². The summed E-state index contributed by atoms with van der Waals surface area (Å²) in [6.07, 6.45) is 5.53. The Morgan fingerprint density at radius 1 is 1.00 bits per heavy atom. The van der Waals surface area contributed by atoms with Crippen molar-refractivity contribution >= 4 is 62.6 Å². The molecule has 2 aliphatic rings. The van der Waals surface area contributed by atoms with Gasteiger partial charge in [0.05, 0.1) is 39.6 Å². The Labute approximate surface area is 337 Å². The Morgan fingerprint density at radius 2 is 1.75 bits per heavy atom. The zero-order valence-corrected chi connectivity index (χ0v) is 34.6. The summed E-state index contributed by atoms with van der Waals surface area (Å²) in [4.78, 5) is 31.8. The molecule has 10 nitrogen and oxygen atoms in total. The molecule has 1 N–H and O–H groups in total. The van der Waals surface area contributed by atoms with Crippen LogP contribution >= 0.6 is 23.2 Å². The molecule has 0 spiro atoms. The zero-order chi connectivity index (χ0) is 39.7. The fourth-order valence-electron chi connectivity index (χ4n) is 9.15. The summed E-state index contributed by atoms with van der Waals surface area (Å²) in [6, 6.07) is 13.4. The number of carbonyl (C=O) groups excluding carboxylic acids is 1. The number of hydrogen-bond acceptors (Lipinski definition) is 5. The first kappa shape index (κ1) is 38.1. The van der Waals surface area contributed by atoms with Gasteiger partial charge in [0.1, 0.15) is 11.4 Å². The van der Waals surface area contributed by atoms with Gasteiger partial charge >= 0.3 is 5.97 Å². The SMILES string of the molecule is Cc1cc(OCCCc2c3n(c4c(-c5c(C)nn(C)c5C)c(Cl)ccc24)C(C)CN(c2cn(CC4CCCN4C)c4ccc(C(=O)O)cc24)C3=O)cc(C)c1Cl. The van der Waals surface area contributed by atoms with Crippen LogP contribution < -0.4 is 9.64 Å². The minimum atomic E-state index is -1.00. The number of aromatic carboxylic acids is 1. The number of ether oxygens (including phenoxy) is 1. The number of carboxylic acid groups (broad SMARTS) is 1. The number of rotatable bonds is 10. The number of aryl methyl sites for hydroxylation is 5. The second-order valence-corrected chi connectivity index (χ2v) is 16.5. The van der Waals surface area contributed by atoms with Gasteiger partial charge in [0.15, 0.2) is 0 Å². The molecule has 1 saturated heterocycles. The quantitative estimate of drug-likeness (QED) is 0.139. The number of carboxylic acids is 1. The molecule has 292 valence electrons. The summed E-state index contributed by atoms with van der Waals surface area (Å²) in [6.45, 7) is 12.8. The van der Waals surface area contributed by atoms with Crippen molar-refractivity contribution in [3.8, 4) is 16.9 Å². The average Bonchev–Trinajstić information content (AvgIpc) is 3.89. The smallest absolute Gasteiger partial charge is 0.335 e. The maximum absolute atomic E-state index is 15.3. The van der Waals surface area contributed by atoms with Gasteiger partial charge < -0.3 is 28.8 Å². The van der Waals surface area contributed by atoms with Gasteiger partial charge in [-0.25, -0.2) is 4.79 Å². The molecule has 1 amide bonds. The van der Waals surface area contributed by atoms with Gasteiger partial charge in [-0.3, -0.25) is 9.48 Å². The number of likely N-dealkylation sites (tertiary alicyclic amines) is 1. The van der Waals surface area contributed by atoms with Crippen molar-refractivity contribution in [2.75, 3.05) is 31.6 Å². The number of fused-ring (bicyclic) bond motifs is 4. The maximum Gasteiger partial charge on any atom is 0.335 e. The van der Waals surface area contributed by atoms with E-state index in [9.17, 15) is 9.90 Å². The fraction of sp³-hybridized carbons (Fsp3) is 0.386. The van der Waals surface area contributed by atoms with Crippen LogP contribution in [0.25, 0.3) is 32.9 Å². The van der Waals surface area contributed by atoms with E-state index in [1.54, 1.807) is 12.1 Å². The Balaban J connectivity index is 1.26. The van der Waals surface area contributed by atoms with Crippen molar-refractivity contribution in [2.24, 2.45) is 7.05 Å². The summed E-state index contributed by atoms with van der Waals surface area (Å²) in [7, 11) is 4.09. The lowest BCUT2D eigenvalue weighted by molar-refractivity contribution is 0.0696. The highest BCUT2D eigenvalue weighted by molar-refractivity contribution is 6.35. The summed E-state index contributed by atoms with van der Waals surface area (Å²) < 4.78 is 12.5. The maximum atomic E-state index is 15.3. The van der Waals surface area contributed by atoms with Crippen LogP contribution in [-0.2, 0) is 20.0 Å². The topological polar surface area (TPSA) is 97.8 Å². The van der Waals surface area contributed by atoms with Crippen LogP contribution in [0.5, 0.6) is 5.75 Å². The minimum Gasteiger partial charge on any atom is -0.494 e. The summed E-state index contributed by atoms with van der Waals surface area (Å²) >= 11 is 13.6. The molecule has 12 heteroatoms. The fourth-order valence-corrected chi connectivity index (χ4v) is 9.51. The molecule has 2 atom stereocenters. The second kappa shape index (κ2) is 14.6. The number of anilines is 1. The van der Waals surface area contributed by atoms with Gasteiger partial charge in [0.25, 0.3) is 5.91 Å². The predicted octanol–water partition coefficient (Wildman–Crippen LogP) is 9.56. The van der Waals surface area contributed by atoms with Crippen LogP contribution in [0.2, 0.25) is 10.0 Å². The summed E-state index contributed by atoms with van der Waals surface area (Å²) in [5.74, 6) is -0.362. The summed E-state index contributed by atoms with van der Waals surface area (Å²) in [5, 5.41) is 17.8. The Hall–Kier alpha value is -4.77. The van der Waals surface area contributed by atoms with Gasteiger partial charge in [-0.2, -0.15) is 5.10 Å². The van der Waals surface area contributed by atoms with Crippen LogP contribution in [-0.4, -0.2) is 73.6 Å². The molecule has 0 bridgehead atoms. The Kier molecular flexibility index (Phi) is 9.96. The average molecular weight is 796 g/mol. The molecule has 2 unspecified atom stereocenters. The van der Waals surface area contributed by atoms with E-state index in [4.69, 9.17) is 33.0 Å². The molecule has 3 aromatic heterocycles. The molecule has 3 aromatic carbocycles. The van der Waals surface area contributed by atoms with E-state index < -0.39 is 5.97 Å². The van der Waals surface area contributed by atoms with Crippen LogP contribution in [0.15, 0.2) is 48.7 Å². The van der Waals surface area contributed by atoms with Crippen LogP contribution in [0.3, 0.4) is 0 Å². The molecule has 6 aromatic rings. The molecule has 56 heavy (non-hydrogen) atoms. The second-order valence-electron chi connectivity index (χ2n) is 15.8. The first-order valence-electron chi connectivity index (χ1n) is 19.4. The number of hydrogen-bond donors (Lipinski definition) is 1. The number of halogens is 2. The number of nitrogens with zero attached hydrogens (tertiary/aromatic N) is 6. The number of benzene rings is 3. The molecule has 5 heterocycles. The van der Waals surface area contributed by atoms with E-state index in [0.717, 1.165) is 103 Å².